The number of nitrogen functional groups attached to an aromatic ring is 2. The Labute approximate surface area is 191 Å². The lowest BCUT2D eigenvalue weighted by molar-refractivity contribution is 0.414. The standard InChI is InChI=1S/C21H21N7O2S2/c1-30-12-8-6-11(7-9-12)28-18(29)16-13-4-2-3-5-14(13)32-17(16)26-21(28)31-10-15-24-19(22)27-20(23)25-15/h6-9H,2-5,10H2,1H3,(H4,22,23,24,25,27). The number of anilines is 2. The van der Waals surface area contributed by atoms with Crippen LogP contribution in [-0.4, -0.2) is 31.6 Å². The van der Waals surface area contributed by atoms with Gasteiger partial charge in [-0.3, -0.25) is 9.36 Å². The van der Waals surface area contributed by atoms with Crippen LogP contribution in [0, 0.1) is 0 Å². The van der Waals surface area contributed by atoms with Crippen molar-refractivity contribution in [2.24, 2.45) is 0 Å². The summed E-state index contributed by atoms with van der Waals surface area (Å²) in [4.78, 5) is 32.8. The number of rotatable bonds is 5. The van der Waals surface area contributed by atoms with Gasteiger partial charge < -0.3 is 16.2 Å². The second-order valence-electron chi connectivity index (χ2n) is 7.38. The number of hydrogen-bond donors (Lipinski definition) is 2. The third kappa shape index (κ3) is 3.78. The summed E-state index contributed by atoms with van der Waals surface area (Å²) in [7, 11) is 1.61. The largest absolute Gasteiger partial charge is 0.497 e. The molecular weight excluding hydrogens is 446 g/mol. The highest BCUT2D eigenvalue weighted by molar-refractivity contribution is 7.98. The molecule has 164 valence electrons. The fourth-order valence-electron chi connectivity index (χ4n) is 3.89. The van der Waals surface area contributed by atoms with Crippen LogP contribution in [0.3, 0.4) is 0 Å². The van der Waals surface area contributed by atoms with Crippen molar-refractivity contribution in [3.05, 3.63) is 50.9 Å². The molecule has 32 heavy (non-hydrogen) atoms. The third-order valence-electron chi connectivity index (χ3n) is 5.34. The molecule has 1 aliphatic carbocycles. The van der Waals surface area contributed by atoms with E-state index in [2.05, 4.69) is 15.0 Å². The Hall–Kier alpha value is -3.18. The third-order valence-corrected chi connectivity index (χ3v) is 7.46. The molecule has 0 unspecified atom stereocenters. The molecule has 3 heterocycles. The van der Waals surface area contributed by atoms with Crippen LogP contribution in [-0.2, 0) is 18.6 Å². The Morgan fingerprint density at radius 1 is 1.06 bits per heavy atom. The van der Waals surface area contributed by atoms with Crippen molar-refractivity contribution in [1.29, 1.82) is 0 Å². The van der Waals surface area contributed by atoms with Gasteiger partial charge in [0.1, 0.15) is 16.4 Å². The predicted octanol–water partition coefficient (Wildman–Crippen LogP) is 2.98. The molecule has 11 heteroatoms. The first-order chi connectivity index (χ1) is 15.5. The molecule has 0 saturated carbocycles. The van der Waals surface area contributed by atoms with E-state index >= 15 is 0 Å². The number of aryl methyl sites for hydroxylation is 2. The second kappa shape index (κ2) is 8.40. The highest BCUT2D eigenvalue weighted by atomic mass is 32.2. The summed E-state index contributed by atoms with van der Waals surface area (Å²) in [5.41, 5.74) is 13.2. The summed E-state index contributed by atoms with van der Waals surface area (Å²) in [5.74, 6) is 1.62. The van der Waals surface area contributed by atoms with Crippen LogP contribution in [0.1, 0.15) is 29.1 Å². The van der Waals surface area contributed by atoms with Crippen LogP contribution in [0.4, 0.5) is 11.9 Å². The van der Waals surface area contributed by atoms with E-state index in [1.165, 1.54) is 16.6 Å². The highest BCUT2D eigenvalue weighted by Crippen LogP contribution is 2.35. The fraction of sp³-hybridized carbons (Fsp3) is 0.286. The number of thioether (sulfide) groups is 1. The zero-order valence-corrected chi connectivity index (χ0v) is 19.0. The van der Waals surface area contributed by atoms with Gasteiger partial charge in [0.05, 0.1) is 23.9 Å². The molecule has 1 aliphatic rings. The summed E-state index contributed by atoms with van der Waals surface area (Å²) >= 11 is 2.99. The average Bonchev–Trinajstić information content (AvgIpc) is 3.16. The lowest BCUT2D eigenvalue weighted by atomic mass is 9.97. The van der Waals surface area contributed by atoms with E-state index in [1.54, 1.807) is 23.0 Å². The lowest BCUT2D eigenvalue weighted by Gasteiger charge is -2.14. The smallest absolute Gasteiger partial charge is 0.267 e. The van der Waals surface area contributed by atoms with Gasteiger partial charge in [-0.1, -0.05) is 11.8 Å². The molecule has 5 rings (SSSR count). The van der Waals surface area contributed by atoms with Crippen LogP contribution in [0.2, 0.25) is 0 Å². The highest BCUT2D eigenvalue weighted by Gasteiger charge is 2.23. The summed E-state index contributed by atoms with van der Waals surface area (Å²) < 4.78 is 6.93. The van der Waals surface area contributed by atoms with Gasteiger partial charge in [0.15, 0.2) is 5.16 Å². The number of nitrogens with two attached hydrogens (primary N) is 2. The fourth-order valence-corrected chi connectivity index (χ4v) is 6.06. The van der Waals surface area contributed by atoms with E-state index in [9.17, 15) is 4.79 Å². The molecule has 3 aromatic heterocycles. The van der Waals surface area contributed by atoms with Gasteiger partial charge in [-0.05, 0) is 55.5 Å². The molecule has 0 spiro atoms. The molecule has 0 saturated heterocycles. The summed E-state index contributed by atoms with van der Waals surface area (Å²) in [6.07, 6.45) is 4.17. The van der Waals surface area contributed by atoms with Crippen molar-refractivity contribution in [3.8, 4) is 11.4 Å². The van der Waals surface area contributed by atoms with Gasteiger partial charge in [0.2, 0.25) is 11.9 Å². The maximum atomic E-state index is 13.8. The summed E-state index contributed by atoms with van der Waals surface area (Å²) in [6.45, 7) is 0. The average molecular weight is 468 g/mol. The van der Waals surface area contributed by atoms with Gasteiger partial charge in [-0.15, -0.1) is 11.3 Å². The minimum Gasteiger partial charge on any atom is -0.497 e. The van der Waals surface area contributed by atoms with E-state index in [4.69, 9.17) is 21.2 Å². The van der Waals surface area contributed by atoms with E-state index in [0.717, 1.165) is 47.2 Å². The quantitative estimate of drug-likeness (QED) is 0.335. The predicted molar refractivity (Wildman–Crippen MR) is 127 cm³/mol. The number of nitrogens with zero attached hydrogens (tertiary/aromatic N) is 5. The number of aromatic nitrogens is 5. The van der Waals surface area contributed by atoms with Gasteiger partial charge in [0, 0.05) is 4.88 Å². The normalized spacial score (nSPS) is 13.3. The Kier molecular flexibility index (Phi) is 5.43. The molecule has 0 aliphatic heterocycles. The lowest BCUT2D eigenvalue weighted by Crippen LogP contribution is -2.22. The molecule has 0 atom stereocenters. The molecule has 4 N–H and O–H groups in total. The van der Waals surface area contributed by atoms with Gasteiger partial charge >= 0.3 is 0 Å². The molecule has 1 aromatic carbocycles. The van der Waals surface area contributed by atoms with E-state index in [1.807, 2.05) is 24.3 Å². The molecule has 0 bridgehead atoms. The van der Waals surface area contributed by atoms with Gasteiger partial charge in [0.25, 0.3) is 5.56 Å². The van der Waals surface area contributed by atoms with Crippen molar-refractivity contribution in [2.75, 3.05) is 18.6 Å². The Morgan fingerprint density at radius 2 is 1.78 bits per heavy atom. The number of hydrogen-bond acceptors (Lipinski definition) is 10. The molecule has 4 aromatic rings. The first-order valence-corrected chi connectivity index (χ1v) is 11.9. The van der Waals surface area contributed by atoms with Crippen LogP contribution in [0.25, 0.3) is 15.9 Å². The summed E-state index contributed by atoms with van der Waals surface area (Å²) in [6, 6.07) is 7.37. The van der Waals surface area contributed by atoms with Gasteiger partial charge in [-0.2, -0.15) is 15.0 Å². The number of ether oxygens (including phenoxy) is 1. The van der Waals surface area contributed by atoms with Crippen molar-refractivity contribution < 1.29 is 4.74 Å². The van der Waals surface area contributed by atoms with Crippen molar-refractivity contribution in [1.82, 2.24) is 24.5 Å². The monoisotopic (exact) mass is 467 g/mol. The zero-order chi connectivity index (χ0) is 22.2. The molecule has 0 fully saturated rings. The van der Waals surface area contributed by atoms with E-state index in [0.29, 0.717) is 22.5 Å². The second-order valence-corrected chi connectivity index (χ2v) is 9.41. The SMILES string of the molecule is COc1ccc(-n2c(SCc3nc(N)nc(N)n3)nc3sc4c(c3c2=O)CCCC4)cc1. The molecule has 9 nitrogen and oxygen atoms in total. The Morgan fingerprint density at radius 3 is 2.50 bits per heavy atom. The number of fused-ring (bicyclic) bond motifs is 3. The topological polar surface area (TPSA) is 135 Å². The van der Waals surface area contributed by atoms with Crippen LogP contribution < -0.4 is 21.8 Å². The Bertz CT molecular complexity index is 1350. The maximum Gasteiger partial charge on any atom is 0.267 e. The minimum absolute atomic E-state index is 0.0586. The van der Waals surface area contributed by atoms with Crippen LogP contribution in [0.5, 0.6) is 5.75 Å². The molecule has 0 amide bonds. The molecular formula is C21H21N7O2S2. The van der Waals surface area contributed by atoms with Crippen LogP contribution >= 0.6 is 23.1 Å². The van der Waals surface area contributed by atoms with Gasteiger partial charge in [-0.25, -0.2) is 4.98 Å². The van der Waals surface area contributed by atoms with E-state index in [-0.39, 0.29) is 17.5 Å². The van der Waals surface area contributed by atoms with E-state index < -0.39 is 0 Å². The number of thiophene rings is 1. The first-order valence-electron chi connectivity index (χ1n) is 10.1. The zero-order valence-electron chi connectivity index (χ0n) is 17.4. The first kappa shape index (κ1) is 20.7. The summed E-state index contributed by atoms with van der Waals surface area (Å²) in [5, 5.41) is 1.29. The van der Waals surface area contributed by atoms with Crippen LogP contribution in [0.15, 0.2) is 34.2 Å². The van der Waals surface area contributed by atoms with Crippen molar-refractivity contribution in [2.45, 2.75) is 36.6 Å². The minimum atomic E-state index is -0.0586. The van der Waals surface area contributed by atoms with Crippen molar-refractivity contribution in [3.63, 3.8) is 0 Å². The molecule has 0 radical (unpaired) electrons. The number of benzene rings is 1. The van der Waals surface area contributed by atoms with Crippen molar-refractivity contribution >= 4 is 45.2 Å². The Balaban J connectivity index is 1.64. The maximum absolute atomic E-state index is 13.8. The number of methoxy groups -OCH3 is 1.